The molecule has 8 heteroatoms. The number of fused-ring (bicyclic) bond motifs is 3. The van der Waals surface area contributed by atoms with Gasteiger partial charge in [-0.05, 0) is 47.9 Å². The van der Waals surface area contributed by atoms with Gasteiger partial charge in [0.1, 0.15) is 5.75 Å². The molecule has 2 unspecified atom stereocenters. The van der Waals surface area contributed by atoms with Gasteiger partial charge in [0.15, 0.2) is 5.13 Å². The van der Waals surface area contributed by atoms with Gasteiger partial charge in [0.05, 0.1) is 19.2 Å². The predicted molar refractivity (Wildman–Crippen MR) is 122 cm³/mol. The molecule has 0 saturated heterocycles. The van der Waals surface area contributed by atoms with Crippen LogP contribution in [0, 0.1) is 0 Å². The van der Waals surface area contributed by atoms with E-state index in [1.165, 1.54) is 11.3 Å². The molecule has 3 heterocycles. The van der Waals surface area contributed by atoms with E-state index < -0.39 is 0 Å². The number of aromatic amines is 1. The standard InChI is InChI=1S/C22H19BrN4O2S/c1-29-14-5-2-12(3-6-14)19-20-16(15-10-13(23)4-7-17(15)25-20)11-18(26-19)21(28)27-22-24-8-9-30-22/h2-10,18-19,25-26H,11H2,1H3,(H,24,27,28). The molecule has 2 aromatic heterocycles. The first-order valence-corrected chi connectivity index (χ1v) is 11.2. The first kappa shape index (κ1) is 19.3. The Balaban J connectivity index is 1.56. The summed E-state index contributed by atoms with van der Waals surface area (Å²) in [6, 6.07) is 13.6. The summed E-state index contributed by atoms with van der Waals surface area (Å²) >= 11 is 4.99. The van der Waals surface area contributed by atoms with Crippen LogP contribution >= 0.6 is 27.3 Å². The van der Waals surface area contributed by atoms with E-state index in [0.29, 0.717) is 11.6 Å². The molecule has 0 saturated carbocycles. The maximum atomic E-state index is 13.0. The van der Waals surface area contributed by atoms with Crippen molar-refractivity contribution in [3.8, 4) is 5.75 Å². The molecule has 0 radical (unpaired) electrons. The number of methoxy groups -OCH3 is 1. The Hall–Kier alpha value is -2.68. The number of carbonyl (C=O) groups excluding carboxylic acids is 1. The summed E-state index contributed by atoms with van der Waals surface area (Å²) < 4.78 is 6.32. The number of anilines is 1. The third-order valence-corrected chi connectivity index (χ3v) is 6.58. The van der Waals surface area contributed by atoms with Crippen LogP contribution in [0.25, 0.3) is 10.9 Å². The molecule has 0 fully saturated rings. The van der Waals surface area contributed by atoms with E-state index in [1.54, 1.807) is 13.3 Å². The van der Waals surface area contributed by atoms with Crippen LogP contribution in [-0.2, 0) is 11.2 Å². The lowest BCUT2D eigenvalue weighted by Gasteiger charge is -2.31. The summed E-state index contributed by atoms with van der Waals surface area (Å²) in [5.41, 5.74) is 4.37. The largest absolute Gasteiger partial charge is 0.497 e. The molecule has 2 aromatic carbocycles. The summed E-state index contributed by atoms with van der Waals surface area (Å²) in [4.78, 5) is 20.8. The van der Waals surface area contributed by atoms with Crippen LogP contribution in [0.1, 0.15) is 22.9 Å². The molecule has 4 aromatic rings. The van der Waals surface area contributed by atoms with Crippen molar-refractivity contribution in [2.45, 2.75) is 18.5 Å². The number of amides is 1. The van der Waals surface area contributed by atoms with Crippen molar-refractivity contribution in [1.29, 1.82) is 0 Å². The molecule has 6 nitrogen and oxygen atoms in total. The number of hydrogen-bond donors (Lipinski definition) is 3. The number of nitrogens with one attached hydrogen (secondary N) is 3. The first-order chi connectivity index (χ1) is 14.6. The van der Waals surface area contributed by atoms with Gasteiger partial charge in [-0.2, -0.15) is 0 Å². The Labute approximate surface area is 185 Å². The maximum absolute atomic E-state index is 13.0. The van der Waals surface area contributed by atoms with Crippen LogP contribution in [0.5, 0.6) is 5.75 Å². The fraction of sp³-hybridized carbons (Fsp3) is 0.182. The highest BCUT2D eigenvalue weighted by Gasteiger charge is 2.34. The first-order valence-electron chi connectivity index (χ1n) is 9.53. The minimum absolute atomic E-state index is 0.0848. The number of halogens is 1. The van der Waals surface area contributed by atoms with Gasteiger partial charge < -0.3 is 15.0 Å². The lowest BCUT2D eigenvalue weighted by molar-refractivity contribution is -0.118. The van der Waals surface area contributed by atoms with Gasteiger partial charge in [0.2, 0.25) is 5.91 Å². The normalized spacial score (nSPS) is 18.2. The second-order valence-electron chi connectivity index (χ2n) is 7.16. The molecule has 30 heavy (non-hydrogen) atoms. The molecule has 2 atom stereocenters. The van der Waals surface area contributed by atoms with Crippen molar-refractivity contribution >= 4 is 49.2 Å². The molecule has 0 bridgehead atoms. The van der Waals surface area contributed by atoms with Gasteiger partial charge in [0, 0.05) is 32.6 Å². The molecule has 1 aliphatic heterocycles. The summed E-state index contributed by atoms with van der Waals surface area (Å²) in [6.07, 6.45) is 2.28. The predicted octanol–water partition coefficient (Wildman–Crippen LogP) is 4.64. The monoisotopic (exact) mass is 482 g/mol. The average Bonchev–Trinajstić information content (AvgIpc) is 3.40. The van der Waals surface area contributed by atoms with Crippen molar-refractivity contribution < 1.29 is 9.53 Å². The number of nitrogens with zero attached hydrogens (tertiary/aromatic N) is 1. The van der Waals surface area contributed by atoms with Gasteiger partial charge in [-0.15, -0.1) is 11.3 Å². The van der Waals surface area contributed by atoms with Crippen LogP contribution in [0.4, 0.5) is 5.13 Å². The van der Waals surface area contributed by atoms with Crippen LogP contribution in [0.3, 0.4) is 0 Å². The zero-order valence-corrected chi connectivity index (χ0v) is 18.5. The van der Waals surface area contributed by atoms with E-state index in [0.717, 1.165) is 37.9 Å². The second-order valence-corrected chi connectivity index (χ2v) is 8.97. The Bertz CT molecular complexity index is 1200. The summed E-state index contributed by atoms with van der Waals surface area (Å²) in [7, 11) is 1.65. The topological polar surface area (TPSA) is 79.0 Å². The molecular weight excluding hydrogens is 464 g/mol. The fourth-order valence-electron chi connectivity index (χ4n) is 3.96. The number of hydrogen-bond acceptors (Lipinski definition) is 5. The fourth-order valence-corrected chi connectivity index (χ4v) is 4.85. The van der Waals surface area contributed by atoms with E-state index in [9.17, 15) is 4.79 Å². The van der Waals surface area contributed by atoms with E-state index in [2.05, 4.69) is 48.7 Å². The summed E-state index contributed by atoms with van der Waals surface area (Å²) in [5, 5.41) is 10.0. The van der Waals surface area contributed by atoms with Gasteiger partial charge in [-0.3, -0.25) is 10.1 Å². The smallest absolute Gasteiger partial charge is 0.243 e. The molecule has 0 spiro atoms. The third kappa shape index (κ3) is 3.51. The van der Waals surface area contributed by atoms with Gasteiger partial charge in [-0.1, -0.05) is 28.1 Å². The minimum Gasteiger partial charge on any atom is -0.497 e. The van der Waals surface area contributed by atoms with Crippen LogP contribution in [0.2, 0.25) is 0 Å². The van der Waals surface area contributed by atoms with Crippen molar-refractivity contribution in [3.63, 3.8) is 0 Å². The molecular formula is C22H19BrN4O2S. The Kier molecular flexibility index (Phi) is 5.06. The quantitative estimate of drug-likeness (QED) is 0.395. The number of ether oxygens (including phenoxy) is 1. The summed E-state index contributed by atoms with van der Waals surface area (Å²) in [6.45, 7) is 0. The van der Waals surface area contributed by atoms with E-state index >= 15 is 0 Å². The number of aromatic nitrogens is 2. The Morgan fingerprint density at radius 3 is 2.83 bits per heavy atom. The number of carbonyl (C=O) groups is 1. The van der Waals surface area contributed by atoms with E-state index in [1.807, 2.05) is 35.7 Å². The Morgan fingerprint density at radius 2 is 2.10 bits per heavy atom. The van der Waals surface area contributed by atoms with Gasteiger partial charge in [0.25, 0.3) is 0 Å². The molecule has 5 rings (SSSR count). The van der Waals surface area contributed by atoms with Crippen LogP contribution in [-0.4, -0.2) is 29.0 Å². The minimum atomic E-state index is -0.383. The van der Waals surface area contributed by atoms with Gasteiger partial charge >= 0.3 is 0 Å². The maximum Gasteiger partial charge on any atom is 0.243 e. The number of thiazole rings is 1. The number of benzene rings is 2. The molecule has 1 aliphatic rings. The van der Waals surface area contributed by atoms with Gasteiger partial charge in [-0.25, -0.2) is 4.98 Å². The van der Waals surface area contributed by atoms with Crippen LogP contribution in [0.15, 0.2) is 58.5 Å². The van der Waals surface area contributed by atoms with Crippen molar-refractivity contribution in [2.75, 3.05) is 12.4 Å². The summed E-state index contributed by atoms with van der Waals surface area (Å²) in [5.74, 6) is 0.715. The molecule has 152 valence electrons. The molecule has 3 N–H and O–H groups in total. The molecule has 0 aliphatic carbocycles. The third-order valence-electron chi connectivity index (χ3n) is 5.39. The highest BCUT2D eigenvalue weighted by molar-refractivity contribution is 9.10. The number of rotatable bonds is 4. The number of H-pyrrole nitrogens is 1. The molecule has 1 amide bonds. The van der Waals surface area contributed by atoms with E-state index in [4.69, 9.17) is 4.74 Å². The Morgan fingerprint density at radius 1 is 1.27 bits per heavy atom. The second kappa shape index (κ2) is 7.86. The lowest BCUT2D eigenvalue weighted by Crippen LogP contribution is -2.47. The van der Waals surface area contributed by atoms with Crippen molar-refractivity contribution in [3.05, 3.63) is 75.3 Å². The average molecular weight is 483 g/mol. The highest BCUT2D eigenvalue weighted by Crippen LogP contribution is 2.36. The van der Waals surface area contributed by atoms with Crippen molar-refractivity contribution in [2.24, 2.45) is 0 Å². The van der Waals surface area contributed by atoms with Crippen molar-refractivity contribution in [1.82, 2.24) is 15.3 Å². The SMILES string of the molecule is COc1ccc(C2NC(C(=O)Nc3nccs3)Cc3c2[nH]c2ccc(Br)cc32)cc1. The zero-order chi connectivity index (χ0) is 20.7. The lowest BCUT2D eigenvalue weighted by atomic mass is 9.90. The zero-order valence-electron chi connectivity index (χ0n) is 16.1. The highest BCUT2D eigenvalue weighted by atomic mass is 79.9. The van der Waals surface area contributed by atoms with E-state index in [-0.39, 0.29) is 18.0 Å². The van der Waals surface area contributed by atoms with Crippen LogP contribution < -0.4 is 15.4 Å².